The first-order chi connectivity index (χ1) is 6.74. The van der Waals surface area contributed by atoms with Crippen LogP contribution in [0.3, 0.4) is 0 Å². The average molecular weight is 195 g/mol. The Hall–Kier alpha value is -0.830. The minimum absolute atomic E-state index is 0.638. The minimum Gasteiger partial charge on any atom is -0.336 e. The fourth-order valence-electron chi connectivity index (χ4n) is 1.65. The number of nitrogens with one attached hydrogen (secondary N) is 1. The number of aromatic nitrogens is 2. The van der Waals surface area contributed by atoms with Gasteiger partial charge >= 0.3 is 0 Å². The van der Waals surface area contributed by atoms with Crippen molar-refractivity contribution in [3.05, 3.63) is 18.7 Å². The van der Waals surface area contributed by atoms with Crippen LogP contribution in [0.2, 0.25) is 0 Å². The summed E-state index contributed by atoms with van der Waals surface area (Å²) >= 11 is 0. The van der Waals surface area contributed by atoms with Gasteiger partial charge in [0, 0.05) is 31.5 Å². The first kappa shape index (κ1) is 11.2. The molecule has 1 aromatic rings. The van der Waals surface area contributed by atoms with E-state index in [4.69, 9.17) is 0 Å². The molecule has 80 valence electrons. The fourth-order valence-corrected chi connectivity index (χ4v) is 1.65. The van der Waals surface area contributed by atoms with Crippen LogP contribution in [0.1, 0.15) is 27.2 Å². The van der Waals surface area contributed by atoms with E-state index in [0.29, 0.717) is 12.0 Å². The molecule has 0 saturated carbocycles. The van der Waals surface area contributed by atoms with Crippen molar-refractivity contribution < 1.29 is 0 Å². The number of hydrogen-bond acceptors (Lipinski definition) is 2. The van der Waals surface area contributed by atoms with Gasteiger partial charge in [-0.1, -0.05) is 20.8 Å². The number of nitrogens with zero attached hydrogens (tertiary/aromatic N) is 2. The van der Waals surface area contributed by atoms with Crippen LogP contribution in [-0.2, 0) is 6.54 Å². The molecule has 3 heteroatoms. The number of imidazole rings is 1. The summed E-state index contributed by atoms with van der Waals surface area (Å²) in [5, 5.41) is 3.56. The maximum absolute atomic E-state index is 4.01. The SMILES string of the molecule is CCC(NCCn1ccnc1)C(C)C. The van der Waals surface area contributed by atoms with Gasteiger partial charge in [-0.05, 0) is 12.3 Å². The highest BCUT2D eigenvalue weighted by Crippen LogP contribution is 2.04. The van der Waals surface area contributed by atoms with Crippen molar-refractivity contribution in [3.63, 3.8) is 0 Å². The average Bonchev–Trinajstić information content (AvgIpc) is 2.64. The summed E-state index contributed by atoms with van der Waals surface area (Å²) in [6.45, 7) is 8.78. The van der Waals surface area contributed by atoms with Crippen molar-refractivity contribution in [1.29, 1.82) is 0 Å². The second-order valence-corrected chi connectivity index (χ2v) is 4.01. The predicted octanol–water partition coefficient (Wildman–Crippen LogP) is 1.91. The van der Waals surface area contributed by atoms with Gasteiger partial charge in [0.2, 0.25) is 0 Å². The zero-order valence-corrected chi connectivity index (χ0v) is 9.40. The Balaban J connectivity index is 2.20. The van der Waals surface area contributed by atoms with Gasteiger partial charge in [0.25, 0.3) is 0 Å². The smallest absolute Gasteiger partial charge is 0.0946 e. The van der Waals surface area contributed by atoms with Crippen LogP contribution in [0, 0.1) is 5.92 Å². The molecule has 0 aliphatic carbocycles. The highest BCUT2D eigenvalue weighted by atomic mass is 15.0. The van der Waals surface area contributed by atoms with Gasteiger partial charge in [-0.3, -0.25) is 0 Å². The molecular formula is C11H21N3. The topological polar surface area (TPSA) is 29.9 Å². The number of hydrogen-bond donors (Lipinski definition) is 1. The van der Waals surface area contributed by atoms with E-state index in [-0.39, 0.29) is 0 Å². The molecule has 0 bridgehead atoms. The maximum atomic E-state index is 4.01. The lowest BCUT2D eigenvalue weighted by atomic mass is 10.0. The van der Waals surface area contributed by atoms with Gasteiger partial charge < -0.3 is 9.88 Å². The monoisotopic (exact) mass is 195 g/mol. The van der Waals surface area contributed by atoms with Crippen LogP contribution >= 0.6 is 0 Å². The lowest BCUT2D eigenvalue weighted by Crippen LogP contribution is -2.35. The minimum atomic E-state index is 0.638. The summed E-state index contributed by atoms with van der Waals surface area (Å²) in [4.78, 5) is 4.01. The second-order valence-electron chi connectivity index (χ2n) is 4.01. The molecule has 1 atom stereocenters. The van der Waals surface area contributed by atoms with E-state index in [1.807, 2.05) is 18.7 Å². The number of rotatable bonds is 6. The van der Waals surface area contributed by atoms with Crippen molar-refractivity contribution in [2.24, 2.45) is 5.92 Å². The van der Waals surface area contributed by atoms with Crippen LogP contribution in [0.4, 0.5) is 0 Å². The summed E-state index contributed by atoms with van der Waals surface area (Å²) in [6.07, 6.45) is 6.87. The van der Waals surface area contributed by atoms with Gasteiger partial charge in [-0.2, -0.15) is 0 Å². The molecule has 0 aliphatic rings. The lowest BCUT2D eigenvalue weighted by molar-refractivity contribution is 0.381. The first-order valence-corrected chi connectivity index (χ1v) is 5.43. The largest absolute Gasteiger partial charge is 0.336 e. The third kappa shape index (κ3) is 3.50. The van der Waals surface area contributed by atoms with Crippen molar-refractivity contribution >= 4 is 0 Å². The molecule has 0 aliphatic heterocycles. The lowest BCUT2D eigenvalue weighted by Gasteiger charge is -2.20. The van der Waals surface area contributed by atoms with Gasteiger partial charge in [-0.15, -0.1) is 0 Å². The molecule has 1 heterocycles. The normalized spacial score (nSPS) is 13.4. The summed E-state index contributed by atoms with van der Waals surface area (Å²) in [5.74, 6) is 0.711. The zero-order chi connectivity index (χ0) is 10.4. The predicted molar refractivity (Wildman–Crippen MR) is 59.1 cm³/mol. The Morgan fingerprint density at radius 3 is 2.71 bits per heavy atom. The molecule has 3 nitrogen and oxygen atoms in total. The first-order valence-electron chi connectivity index (χ1n) is 5.43. The Morgan fingerprint density at radius 1 is 1.43 bits per heavy atom. The summed E-state index contributed by atoms with van der Waals surface area (Å²) in [7, 11) is 0. The summed E-state index contributed by atoms with van der Waals surface area (Å²) in [6, 6.07) is 0.638. The molecule has 0 saturated heterocycles. The Bertz CT molecular complexity index is 229. The molecule has 0 aromatic carbocycles. The summed E-state index contributed by atoms with van der Waals surface area (Å²) in [5.41, 5.74) is 0. The molecule has 0 radical (unpaired) electrons. The maximum Gasteiger partial charge on any atom is 0.0946 e. The molecule has 1 aromatic heterocycles. The molecule has 14 heavy (non-hydrogen) atoms. The third-order valence-corrected chi connectivity index (χ3v) is 2.58. The van der Waals surface area contributed by atoms with Crippen molar-refractivity contribution in [1.82, 2.24) is 14.9 Å². The highest BCUT2D eigenvalue weighted by Gasteiger charge is 2.08. The van der Waals surface area contributed by atoms with E-state index >= 15 is 0 Å². The molecule has 0 spiro atoms. The van der Waals surface area contributed by atoms with Crippen LogP contribution in [-0.4, -0.2) is 22.1 Å². The van der Waals surface area contributed by atoms with Gasteiger partial charge in [0.1, 0.15) is 0 Å². The molecule has 1 unspecified atom stereocenters. The third-order valence-electron chi connectivity index (χ3n) is 2.58. The van der Waals surface area contributed by atoms with Crippen LogP contribution in [0.5, 0.6) is 0 Å². The summed E-state index contributed by atoms with van der Waals surface area (Å²) < 4.78 is 2.10. The van der Waals surface area contributed by atoms with Crippen molar-refractivity contribution in [2.45, 2.75) is 39.8 Å². The quantitative estimate of drug-likeness (QED) is 0.751. The highest BCUT2D eigenvalue weighted by molar-refractivity contribution is 4.75. The zero-order valence-electron chi connectivity index (χ0n) is 9.40. The van der Waals surface area contributed by atoms with E-state index in [1.54, 1.807) is 0 Å². The Labute approximate surface area is 86.5 Å². The van der Waals surface area contributed by atoms with E-state index in [9.17, 15) is 0 Å². The van der Waals surface area contributed by atoms with E-state index in [1.165, 1.54) is 6.42 Å². The molecule has 0 amide bonds. The fraction of sp³-hybridized carbons (Fsp3) is 0.727. The molecular weight excluding hydrogens is 174 g/mol. The Kier molecular flexibility index (Phi) is 4.66. The van der Waals surface area contributed by atoms with Crippen molar-refractivity contribution in [2.75, 3.05) is 6.54 Å². The second kappa shape index (κ2) is 5.81. The standard InChI is InChI=1S/C11H21N3/c1-4-11(10(2)3)13-6-8-14-7-5-12-9-14/h5,7,9-11,13H,4,6,8H2,1-3H3. The van der Waals surface area contributed by atoms with Crippen LogP contribution in [0.25, 0.3) is 0 Å². The molecule has 0 fully saturated rings. The van der Waals surface area contributed by atoms with Gasteiger partial charge in [0.05, 0.1) is 6.33 Å². The molecule has 1 rings (SSSR count). The van der Waals surface area contributed by atoms with E-state index < -0.39 is 0 Å². The Morgan fingerprint density at radius 2 is 2.21 bits per heavy atom. The molecule has 1 N–H and O–H groups in total. The van der Waals surface area contributed by atoms with Crippen molar-refractivity contribution in [3.8, 4) is 0 Å². The van der Waals surface area contributed by atoms with E-state index in [2.05, 4.69) is 35.6 Å². The van der Waals surface area contributed by atoms with E-state index in [0.717, 1.165) is 13.1 Å². The van der Waals surface area contributed by atoms with Gasteiger partial charge in [0.15, 0.2) is 0 Å². The van der Waals surface area contributed by atoms with Gasteiger partial charge in [-0.25, -0.2) is 4.98 Å². The van der Waals surface area contributed by atoms with Crippen LogP contribution in [0.15, 0.2) is 18.7 Å². The van der Waals surface area contributed by atoms with Crippen LogP contribution < -0.4 is 5.32 Å².